The van der Waals surface area contributed by atoms with Crippen LogP contribution >= 0.6 is 11.8 Å². The lowest BCUT2D eigenvalue weighted by Crippen LogP contribution is -2.12. The third kappa shape index (κ3) is 9.79. The van der Waals surface area contributed by atoms with Crippen molar-refractivity contribution in [2.45, 2.75) is 11.3 Å². The minimum atomic E-state index is -1.16. The van der Waals surface area contributed by atoms with Crippen molar-refractivity contribution < 1.29 is 37.7 Å². The number of rotatable bonds is 14. The van der Waals surface area contributed by atoms with Gasteiger partial charge in [0.15, 0.2) is 0 Å². The zero-order chi connectivity index (χ0) is 28.0. The van der Waals surface area contributed by atoms with Crippen LogP contribution in [0.4, 0.5) is 4.39 Å². The fraction of sp³-hybridized carbons (Fsp3) is 0.167. The van der Waals surface area contributed by atoms with Crippen LogP contribution in [0, 0.1) is 0 Å². The molecule has 0 saturated heterocycles. The van der Waals surface area contributed by atoms with Crippen molar-refractivity contribution in [3.05, 3.63) is 103 Å². The topological polar surface area (TPSA) is 88.1 Å². The Morgan fingerprint density at radius 1 is 0.744 bits per heavy atom. The lowest BCUT2D eigenvalue weighted by Gasteiger charge is -2.09. The third-order valence-corrected chi connectivity index (χ3v) is 6.05. The number of thioether (sulfide) groups is 1. The maximum absolute atomic E-state index is 12.7. The van der Waals surface area contributed by atoms with Gasteiger partial charge in [-0.15, -0.1) is 0 Å². The predicted molar refractivity (Wildman–Crippen MR) is 146 cm³/mol. The Labute approximate surface area is 230 Å². The van der Waals surface area contributed by atoms with Gasteiger partial charge in [-0.1, -0.05) is 37.4 Å². The van der Waals surface area contributed by atoms with E-state index in [-0.39, 0.29) is 24.9 Å². The van der Waals surface area contributed by atoms with E-state index in [1.54, 1.807) is 24.3 Å². The maximum atomic E-state index is 12.7. The first-order valence-corrected chi connectivity index (χ1v) is 12.8. The number of benzene rings is 3. The number of halogens is 1. The normalized spacial score (nSPS) is 10.3. The van der Waals surface area contributed by atoms with Crippen molar-refractivity contribution >= 4 is 28.8 Å². The lowest BCUT2D eigenvalue weighted by atomic mass is 10.1. The van der Waals surface area contributed by atoms with Gasteiger partial charge < -0.3 is 18.9 Å². The first kappa shape index (κ1) is 29.2. The number of ether oxygens (including phenoxy) is 4. The average molecular weight is 551 g/mol. The summed E-state index contributed by atoms with van der Waals surface area (Å²) in [4.78, 5) is 35.5. The second kappa shape index (κ2) is 15.1. The van der Waals surface area contributed by atoms with E-state index in [0.717, 1.165) is 39.6 Å². The van der Waals surface area contributed by atoms with E-state index in [1.807, 2.05) is 48.5 Å². The molecule has 0 bridgehead atoms. The van der Waals surface area contributed by atoms with Gasteiger partial charge in [-0.25, -0.2) is 9.59 Å². The second-order valence-electron chi connectivity index (χ2n) is 7.93. The van der Waals surface area contributed by atoms with Gasteiger partial charge in [0.25, 0.3) is 0 Å². The van der Waals surface area contributed by atoms with Gasteiger partial charge >= 0.3 is 11.9 Å². The largest absolute Gasteiger partial charge is 0.493 e. The summed E-state index contributed by atoms with van der Waals surface area (Å²) in [6, 6.07) is 21.9. The Morgan fingerprint density at radius 2 is 1.31 bits per heavy atom. The first-order chi connectivity index (χ1) is 18.9. The van der Waals surface area contributed by atoms with Crippen molar-refractivity contribution in [3.63, 3.8) is 0 Å². The summed E-state index contributed by atoms with van der Waals surface area (Å²) in [7, 11) is 0. The molecule has 0 amide bonds. The van der Waals surface area contributed by atoms with Gasteiger partial charge in [-0.3, -0.25) is 4.79 Å². The van der Waals surface area contributed by atoms with Gasteiger partial charge in [0.05, 0.1) is 13.2 Å². The highest BCUT2D eigenvalue weighted by Crippen LogP contribution is 2.28. The highest BCUT2D eigenvalue weighted by Gasteiger charge is 2.10. The highest BCUT2D eigenvalue weighted by atomic mass is 32.2. The molecule has 0 aliphatic rings. The molecular weight excluding hydrogens is 523 g/mol. The molecule has 0 N–H and O–H groups in total. The Morgan fingerprint density at radius 3 is 1.90 bits per heavy atom. The first-order valence-electron chi connectivity index (χ1n) is 11.9. The molecule has 0 radical (unpaired) electrons. The average Bonchev–Trinajstić information content (AvgIpc) is 2.96. The molecule has 7 nitrogen and oxygen atoms in total. The van der Waals surface area contributed by atoms with E-state index in [9.17, 15) is 18.8 Å². The van der Waals surface area contributed by atoms with Crippen molar-refractivity contribution in [3.8, 4) is 22.6 Å². The molecular formula is C30H27FO7S. The molecule has 3 rings (SSSR count). The zero-order valence-electron chi connectivity index (χ0n) is 21.1. The summed E-state index contributed by atoms with van der Waals surface area (Å²) in [6.45, 7) is 6.82. The molecule has 0 heterocycles. The predicted octanol–water partition coefficient (Wildman–Crippen LogP) is 6.19. The van der Waals surface area contributed by atoms with Gasteiger partial charge in [0, 0.05) is 23.0 Å². The molecule has 9 heteroatoms. The van der Waals surface area contributed by atoms with Crippen LogP contribution in [-0.2, 0) is 19.1 Å². The molecule has 0 aromatic heterocycles. The maximum Gasteiger partial charge on any atom is 0.366 e. The summed E-state index contributed by atoms with van der Waals surface area (Å²) in [5.74, 6) is -1.52. The van der Waals surface area contributed by atoms with Crippen LogP contribution < -0.4 is 9.47 Å². The second-order valence-corrected chi connectivity index (χ2v) is 8.97. The standard InChI is InChI=1S/C30H27FO7S/c1-3-28(32)37-18-4-17-35-25-11-5-22(6-12-25)23-9-15-27(16-10-23)39-30(34)24-7-13-26(14-8-24)36-19-20-38-29(33)21(2)31/h3,5-16H,1-2,4,17-20H2. The van der Waals surface area contributed by atoms with E-state index in [4.69, 9.17) is 14.2 Å². The van der Waals surface area contributed by atoms with E-state index in [0.29, 0.717) is 24.3 Å². The van der Waals surface area contributed by atoms with Crippen LogP contribution in [0.5, 0.6) is 11.5 Å². The summed E-state index contributed by atoms with van der Waals surface area (Å²) < 4.78 is 33.2. The van der Waals surface area contributed by atoms with Crippen LogP contribution in [0.15, 0.2) is 103 Å². The van der Waals surface area contributed by atoms with Crippen LogP contribution in [0.3, 0.4) is 0 Å². The molecule has 202 valence electrons. The van der Waals surface area contributed by atoms with Gasteiger partial charge in [0.2, 0.25) is 10.9 Å². The number of hydrogen-bond donors (Lipinski definition) is 0. The molecule has 3 aromatic rings. The molecule has 39 heavy (non-hydrogen) atoms. The zero-order valence-corrected chi connectivity index (χ0v) is 21.9. The third-order valence-electron chi connectivity index (χ3n) is 5.12. The fourth-order valence-corrected chi connectivity index (χ4v) is 3.91. The number of carbonyl (C=O) groups is 3. The van der Waals surface area contributed by atoms with Crippen molar-refractivity contribution in [1.82, 2.24) is 0 Å². The molecule has 0 spiro atoms. The van der Waals surface area contributed by atoms with E-state index in [1.165, 1.54) is 0 Å². The van der Waals surface area contributed by atoms with E-state index in [2.05, 4.69) is 17.9 Å². The SMILES string of the molecule is C=CC(=O)OCCCOc1ccc(-c2ccc(SC(=O)c3ccc(OCCOC(=O)C(=C)F)cc3)cc2)cc1. The van der Waals surface area contributed by atoms with Gasteiger partial charge in [-0.05, 0) is 71.4 Å². The number of carbonyl (C=O) groups excluding carboxylic acids is 3. The van der Waals surface area contributed by atoms with Gasteiger partial charge in [-0.2, -0.15) is 4.39 Å². The monoisotopic (exact) mass is 550 g/mol. The lowest BCUT2D eigenvalue weighted by molar-refractivity contribution is -0.141. The molecule has 0 fully saturated rings. The van der Waals surface area contributed by atoms with Crippen LogP contribution in [0.2, 0.25) is 0 Å². The summed E-state index contributed by atoms with van der Waals surface area (Å²) in [5, 5.41) is -0.120. The summed E-state index contributed by atoms with van der Waals surface area (Å²) in [6.07, 6.45) is 1.71. The van der Waals surface area contributed by atoms with E-state index >= 15 is 0 Å². The smallest absolute Gasteiger partial charge is 0.366 e. The Bertz CT molecular complexity index is 1290. The fourth-order valence-electron chi connectivity index (χ4n) is 3.17. The minimum Gasteiger partial charge on any atom is -0.493 e. The van der Waals surface area contributed by atoms with Crippen LogP contribution in [0.1, 0.15) is 16.8 Å². The number of esters is 2. The molecule has 0 atom stereocenters. The molecule has 0 unspecified atom stereocenters. The summed E-state index contributed by atoms with van der Waals surface area (Å²) >= 11 is 1.11. The Hall–Kier alpha value is -4.37. The molecule has 0 aliphatic carbocycles. The van der Waals surface area contributed by atoms with Crippen LogP contribution in [-0.4, -0.2) is 43.5 Å². The Kier molecular flexibility index (Phi) is 11.3. The Balaban J connectivity index is 1.44. The molecule has 0 saturated carbocycles. The van der Waals surface area contributed by atoms with Crippen LogP contribution in [0.25, 0.3) is 11.1 Å². The minimum absolute atomic E-state index is 0.0399. The van der Waals surface area contributed by atoms with E-state index < -0.39 is 17.8 Å². The highest BCUT2D eigenvalue weighted by molar-refractivity contribution is 8.14. The van der Waals surface area contributed by atoms with Crippen molar-refractivity contribution in [2.24, 2.45) is 0 Å². The number of hydrogen-bond acceptors (Lipinski definition) is 8. The molecule has 0 aliphatic heterocycles. The summed E-state index contributed by atoms with van der Waals surface area (Å²) in [5.41, 5.74) is 2.51. The van der Waals surface area contributed by atoms with Gasteiger partial charge in [0.1, 0.15) is 24.7 Å². The quantitative estimate of drug-likeness (QED) is 0.102. The van der Waals surface area contributed by atoms with Crippen molar-refractivity contribution in [2.75, 3.05) is 26.4 Å². The van der Waals surface area contributed by atoms with Crippen molar-refractivity contribution in [1.29, 1.82) is 0 Å². The molecule has 3 aromatic carbocycles.